The molecule has 35 heavy (non-hydrogen) atoms. The van der Waals surface area contributed by atoms with Gasteiger partial charge >= 0.3 is 0 Å². The lowest BCUT2D eigenvalue weighted by Gasteiger charge is -2.32. The van der Waals surface area contributed by atoms with E-state index in [4.69, 9.17) is 11.6 Å². The Labute approximate surface area is 213 Å². The van der Waals surface area contributed by atoms with Crippen molar-refractivity contribution < 1.29 is 9.59 Å². The van der Waals surface area contributed by atoms with E-state index in [1.807, 2.05) is 79.7 Å². The van der Waals surface area contributed by atoms with Gasteiger partial charge in [-0.2, -0.15) is 0 Å². The van der Waals surface area contributed by atoms with Crippen LogP contribution in [0.2, 0.25) is 5.02 Å². The Hall–Kier alpha value is -3.11. The van der Waals surface area contributed by atoms with E-state index >= 15 is 0 Å². The molecule has 0 spiro atoms. The molecule has 0 aliphatic heterocycles. The smallest absolute Gasteiger partial charge is 0.243 e. The normalized spacial score (nSPS) is 14.5. The van der Waals surface area contributed by atoms with Crippen LogP contribution in [0, 0.1) is 6.92 Å². The summed E-state index contributed by atoms with van der Waals surface area (Å²) in [6.07, 6.45) is 4.92. The van der Waals surface area contributed by atoms with Crippen LogP contribution in [0.3, 0.4) is 0 Å². The van der Waals surface area contributed by atoms with Gasteiger partial charge in [0.05, 0.1) is 6.42 Å². The molecular weight excluding hydrogens is 456 g/mol. The molecule has 1 fully saturated rings. The first-order valence-electron chi connectivity index (χ1n) is 12.4. The Balaban J connectivity index is 1.65. The van der Waals surface area contributed by atoms with E-state index in [0.29, 0.717) is 18.0 Å². The number of aryl methyl sites for hydroxylation is 1. The van der Waals surface area contributed by atoms with Crippen LogP contribution < -0.4 is 5.32 Å². The van der Waals surface area contributed by atoms with Crippen molar-refractivity contribution in [3.8, 4) is 0 Å². The van der Waals surface area contributed by atoms with Gasteiger partial charge < -0.3 is 10.2 Å². The van der Waals surface area contributed by atoms with Crippen LogP contribution in [-0.4, -0.2) is 28.8 Å². The molecule has 0 radical (unpaired) electrons. The van der Waals surface area contributed by atoms with Crippen molar-refractivity contribution in [1.82, 2.24) is 10.2 Å². The Morgan fingerprint density at radius 2 is 1.60 bits per heavy atom. The fourth-order valence-electron chi connectivity index (χ4n) is 4.73. The standard InChI is InChI=1S/C30H33ClN2O2/c1-22-14-16-24(17-15-22)21-33(29(34)20-25-10-7-11-26(31)18-25)28(19-23-8-3-2-4-9-23)30(35)32-27-12-5-6-13-27/h2-4,7-11,14-18,27-28H,5-6,12-13,19-21H2,1H3,(H,32,35)/t28-/m0/s1. The zero-order valence-corrected chi connectivity index (χ0v) is 21.0. The van der Waals surface area contributed by atoms with Gasteiger partial charge in [-0.25, -0.2) is 0 Å². The van der Waals surface area contributed by atoms with E-state index in [0.717, 1.165) is 47.9 Å². The third kappa shape index (κ3) is 7.19. The molecule has 2 amide bonds. The largest absolute Gasteiger partial charge is 0.352 e. The topological polar surface area (TPSA) is 49.4 Å². The van der Waals surface area contributed by atoms with Crippen LogP contribution in [0.5, 0.6) is 0 Å². The van der Waals surface area contributed by atoms with Gasteiger partial charge in [0, 0.05) is 24.0 Å². The summed E-state index contributed by atoms with van der Waals surface area (Å²) in [7, 11) is 0. The van der Waals surface area contributed by atoms with Gasteiger partial charge in [-0.3, -0.25) is 9.59 Å². The second-order valence-corrected chi connectivity index (χ2v) is 9.95. The second kappa shape index (κ2) is 12.0. The summed E-state index contributed by atoms with van der Waals surface area (Å²) < 4.78 is 0. The van der Waals surface area contributed by atoms with Crippen molar-refractivity contribution in [3.05, 3.63) is 106 Å². The lowest BCUT2D eigenvalue weighted by molar-refractivity contribution is -0.141. The number of hydrogen-bond donors (Lipinski definition) is 1. The highest BCUT2D eigenvalue weighted by Crippen LogP contribution is 2.21. The molecule has 4 rings (SSSR count). The molecule has 5 heteroatoms. The lowest BCUT2D eigenvalue weighted by atomic mass is 10.0. The number of carbonyl (C=O) groups excluding carboxylic acids is 2. The number of nitrogens with zero attached hydrogens (tertiary/aromatic N) is 1. The van der Waals surface area contributed by atoms with E-state index in [-0.39, 0.29) is 24.3 Å². The summed E-state index contributed by atoms with van der Waals surface area (Å²) in [6.45, 7) is 2.41. The highest BCUT2D eigenvalue weighted by Gasteiger charge is 2.32. The molecule has 3 aromatic carbocycles. The molecule has 3 aromatic rings. The molecule has 1 atom stereocenters. The van der Waals surface area contributed by atoms with Crippen LogP contribution in [0.25, 0.3) is 0 Å². The molecular formula is C30H33ClN2O2. The number of carbonyl (C=O) groups is 2. The first-order valence-corrected chi connectivity index (χ1v) is 12.8. The van der Waals surface area contributed by atoms with Gasteiger partial charge in [0.25, 0.3) is 0 Å². The average molecular weight is 489 g/mol. The van der Waals surface area contributed by atoms with Crippen molar-refractivity contribution in [1.29, 1.82) is 0 Å². The second-order valence-electron chi connectivity index (χ2n) is 9.51. The number of rotatable bonds is 9. The van der Waals surface area contributed by atoms with Crippen LogP contribution in [0.4, 0.5) is 0 Å². The molecule has 4 nitrogen and oxygen atoms in total. The minimum absolute atomic E-state index is 0.0766. The summed E-state index contributed by atoms with van der Waals surface area (Å²) in [4.78, 5) is 29.2. The molecule has 0 bridgehead atoms. The van der Waals surface area contributed by atoms with Gasteiger partial charge in [0.1, 0.15) is 6.04 Å². The van der Waals surface area contributed by atoms with Crippen molar-refractivity contribution >= 4 is 23.4 Å². The van der Waals surface area contributed by atoms with Gasteiger partial charge in [0.15, 0.2) is 0 Å². The molecule has 1 aliphatic rings. The fraction of sp³-hybridized carbons (Fsp3) is 0.333. The monoisotopic (exact) mass is 488 g/mol. The van der Waals surface area contributed by atoms with Crippen molar-refractivity contribution in [2.24, 2.45) is 0 Å². The maximum Gasteiger partial charge on any atom is 0.243 e. The summed E-state index contributed by atoms with van der Waals surface area (Å²) in [5.74, 6) is -0.164. The number of halogens is 1. The molecule has 0 heterocycles. The Bertz CT molecular complexity index is 1120. The lowest BCUT2D eigenvalue weighted by Crippen LogP contribution is -2.52. The maximum atomic E-state index is 13.8. The Kier molecular flexibility index (Phi) is 8.59. The first kappa shape index (κ1) is 25.0. The van der Waals surface area contributed by atoms with E-state index in [2.05, 4.69) is 5.32 Å². The van der Waals surface area contributed by atoms with Gasteiger partial charge in [0.2, 0.25) is 11.8 Å². The molecule has 1 N–H and O–H groups in total. The van der Waals surface area contributed by atoms with Gasteiger partial charge in [-0.05, 0) is 48.6 Å². The molecule has 1 saturated carbocycles. The van der Waals surface area contributed by atoms with Crippen LogP contribution >= 0.6 is 11.6 Å². The van der Waals surface area contributed by atoms with Gasteiger partial charge in [-0.15, -0.1) is 0 Å². The molecule has 0 unspecified atom stereocenters. The minimum Gasteiger partial charge on any atom is -0.352 e. The van der Waals surface area contributed by atoms with E-state index in [9.17, 15) is 9.59 Å². The summed E-state index contributed by atoms with van der Waals surface area (Å²) in [6, 6.07) is 25.0. The zero-order chi connectivity index (χ0) is 24.6. The van der Waals surface area contributed by atoms with E-state index in [1.165, 1.54) is 0 Å². The molecule has 0 aromatic heterocycles. The molecule has 0 saturated heterocycles. The highest BCUT2D eigenvalue weighted by molar-refractivity contribution is 6.30. The number of hydrogen-bond acceptors (Lipinski definition) is 2. The number of amides is 2. The minimum atomic E-state index is -0.606. The van der Waals surface area contributed by atoms with Crippen LogP contribution in [-0.2, 0) is 29.0 Å². The van der Waals surface area contributed by atoms with Crippen LogP contribution in [0.15, 0.2) is 78.9 Å². The summed E-state index contributed by atoms with van der Waals surface area (Å²) in [5.41, 5.74) is 4.03. The average Bonchev–Trinajstić information content (AvgIpc) is 3.36. The van der Waals surface area contributed by atoms with Gasteiger partial charge in [-0.1, -0.05) is 96.7 Å². The predicted molar refractivity (Wildman–Crippen MR) is 141 cm³/mol. The summed E-state index contributed by atoms with van der Waals surface area (Å²) >= 11 is 6.18. The third-order valence-electron chi connectivity index (χ3n) is 6.69. The SMILES string of the molecule is Cc1ccc(CN(C(=O)Cc2cccc(Cl)c2)[C@@H](Cc2ccccc2)C(=O)NC2CCCC2)cc1. The van der Waals surface area contributed by atoms with Crippen molar-refractivity contribution in [2.75, 3.05) is 0 Å². The summed E-state index contributed by atoms with van der Waals surface area (Å²) in [5, 5.41) is 3.85. The van der Waals surface area contributed by atoms with E-state index < -0.39 is 6.04 Å². The zero-order valence-electron chi connectivity index (χ0n) is 20.3. The number of nitrogens with one attached hydrogen (secondary N) is 1. The molecule has 182 valence electrons. The maximum absolute atomic E-state index is 13.8. The first-order chi connectivity index (χ1) is 17.0. The Morgan fingerprint density at radius 3 is 2.29 bits per heavy atom. The third-order valence-corrected chi connectivity index (χ3v) is 6.93. The van der Waals surface area contributed by atoms with E-state index in [1.54, 1.807) is 11.0 Å². The molecule has 1 aliphatic carbocycles. The van der Waals surface area contributed by atoms with Crippen molar-refractivity contribution in [2.45, 2.75) is 64.1 Å². The predicted octanol–water partition coefficient (Wildman–Crippen LogP) is 5.89. The quantitative estimate of drug-likeness (QED) is 0.408. The highest BCUT2D eigenvalue weighted by atomic mass is 35.5. The fourth-order valence-corrected chi connectivity index (χ4v) is 4.95. The van der Waals surface area contributed by atoms with Crippen molar-refractivity contribution in [3.63, 3.8) is 0 Å². The number of benzene rings is 3. The Morgan fingerprint density at radius 1 is 0.914 bits per heavy atom. The van der Waals surface area contributed by atoms with Crippen LogP contribution in [0.1, 0.15) is 47.9 Å².